The fraction of sp³-hybridized carbons (Fsp3) is 0.647. The van der Waals surface area contributed by atoms with Crippen LogP contribution in [0.1, 0.15) is 40.6 Å². The second kappa shape index (κ2) is 7.95. The quantitative estimate of drug-likeness (QED) is 0.629. The van der Waals surface area contributed by atoms with E-state index >= 15 is 0 Å². The highest BCUT2D eigenvalue weighted by atomic mass is 32.1. The molecule has 1 aliphatic heterocycles. The van der Waals surface area contributed by atoms with Gasteiger partial charge in [0.05, 0.1) is 12.2 Å². The zero-order chi connectivity index (χ0) is 17.8. The van der Waals surface area contributed by atoms with E-state index in [0.29, 0.717) is 12.5 Å². The Labute approximate surface area is 153 Å². The molecule has 0 fully saturated rings. The van der Waals surface area contributed by atoms with Crippen LogP contribution in [0.5, 0.6) is 0 Å². The number of guanidine groups is 1. The molecule has 0 spiro atoms. The number of nitrogens with zero attached hydrogens (tertiary/aromatic N) is 5. The summed E-state index contributed by atoms with van der Waals surface area (Å²) < 4.78 is 2.24. The number of aryl methyl sites for hydroxylation is 4. The predicted octanol–water partition coefficient (Wildman–Crippen LogP) is 1.98. The minimum absolute atomic E-state index is 0.565. The normalized spacial score (nSPS) is 17.4. The van der Waals surface area contributed by atoms with Gasteiger partial charge in [0.25, 0.3) is 0 Å². The molecule has 2 aromatic heterocycles. The molecule has 25 heavy (non-hydrogen) atoms. The first kappa shape index (κ1) is 17.8. The van der Waals surface area contributed by atoms with Crippen molar-refractivity contribution in [3.63, 3.8) is 0 Å². The molecular weight excluding hydrogens is 334 g/mol. The van der Waals surface area contributed by atoms with Gasteiger partial charge in [0, 0.05) is 30.9 Å². The van der Waals surface area contributed by atoms with Gasteiger partial charge in [-0.3, -0.25) is 0 Å². The summed E-state index contributed by atoms with van der Waals surface area (Å²) in [5.41, 5.74) is 1.11. The largest absolute Gasteiger partial charge is 0.357 e. The first-order valence-electron chi connectivity index (χ1n) is 8.90. The highest BCUT2D eigenvalue weighted by Gasteiger charge is 2.21. The summed E-state index contributed by atoms with van der Waals surface area (Å²) in [5.74, 6) is 3.55. The molecular formula is C17H27N7S. The van der Waals surface area contributed by atoms with Crippen molar-refractivity contribution in [1.82, 2.24) is 30.4 Å². The topological polar surface area (TPSA) is 80.0 Å². The molecule has 2 aromatic rings. The second-order valence-electron chi connectivity index (χ2n) is 6.50. The molecule has 1 aliphatic rings. The summed E-state index contributed by atoms with van der Waals surface area (Å²) in [7, 11) is 0. The van der Waals surface area contributed by atoms with E-state index in [1.807, 2.05) is 13.8 Å². The fourth-order valence-corrected chi connectivity index (χ4v) is 3.89. The maximum atomic E-state index is 4.69. The van der Waals surface area contributed by atoms with Gasteiger partial charge in [-0.05, 0) is 40.0 Å². The van der Waals surface area contributed by atoms with Crippen molar-refractivity contribution in [2.24, 2.45) is 10.9 Å². The van der Waals surface area contributed by atoms with Gasteiger partial charge < -0.3 is 15.2 Å². The Morgan fingerprint density at radius 1 is 1.28 bits per heavy atom. The average molecular weight is 362 g/mol. The number of nitrogens with one attached hydrogen (secondary N) is 2. The van der Waals surface area contributed by atoms with E-state index in [1.54, 1.807) is 11.3 Å². The molecule has 0 bridgehead atoms. The van der Waals surface area contributed by atoms with Crippen LogP contribution in [0.25, 0.3) is 0 Å². The lowest BCUT2D eigenvalue weighted by Gasteiger charge is -2.25. The van der Waals surface area contributed by atoms with E-state index < -0.39 is 0 Å². The molecule has 0 saturated heterocycles. The van der Waals surface area contributed by atoms with Crippen LogP contribution >= 0.6 is 11.3 Å². The van der Waals surface area contributed by atoms with E-state index in [2.05, 4.69) is 49.2 Å². The van der Waals surface area contributed by atoms with Gasteiger partial charge in [0.2, 0.25) is 0 Å². The maximum absolute atomic E-state index is 4.69. The molecule has 0 aliphatic carbocycles. The number of hydrogen-bond donors (Lipinski definition) is 2. The van der Waals surface area contributed by atoms with Crippen molar-refractivity contribution in [1.29, 1.82) is 0 Å². The molecule has 1 atom stereocenters. The number of thiazole rings is 1. The van der Waals surface area contributed by atoms with Crippen molar-refractivity contribution in [3.8, 4) is 0 Å². The van der Waals surface area contributed by atoms with Gasteiger partial charge in [0.1, 0.15) is 16.7 Å². The molecule has 0 radical (unpaired) electrons. The van der Waals surface area contributed by atoms with Crippen LogP contribution in [0.15, 0.2) is 4.99 Å². The van der Waals surface area contributed by atoms with Crippen LogP contribution < -0.4 is 10.6 Å². The number of fused-ring (bicyclic) bond motifs is 1. The molecule has 0 amide bonds. The van der Waals surface area contributed by atoms with E-state index in [9.17, 15) is 0 Å². The van der Waals surface area contributed by atoms with Crippen molar-refractivity contribution in [3.05, 3.63) is 27.2 Å². The molecule has 3 rings (SSSR count). The molecule has 0 aromatic carbocycles. The summed E-state index contributed by atoms with van der Waals surface area (Å²) in [6.45, 7) is 11.6. The van der Waals surface area contributed by atoms with Gasteiger partial charge in [0.15, 0.2) is 5.96 Å². The highest BCUT2D eigenvalue weighted by Crippen LogP contribution is 2.19. The minimum atomic E-state index is 0.565. The predicted molar refractivity (Wildman–Crippen MR) is 101 cm³/mol. The zero-order valence-electron chi connectivity index (χ0n) is 15.5. The molecule has 1 unspecified atom stereocenters. The first-order valence-corrected chi connectivity index (χ1v) is 9.72. The zero-order valence-corrected chi connectivity index (χ0v) is 16.3. The third-order valence-corrected chi connectivity index (χ3v) is 5.63. The summed E-state index contributed by atoms with van der Waals surface area (Å²) in [5, 5.41) is 16.3. The Bertz CT molecular complexity index is 727. The van der Waals surface area contributed by atoms with Crippen LogP contribution in [-0.4, -0.2) is 38.8 Å². The second-order valence-corrected chi connectivity index (χ2v) is 7.79. The van der Waals surface area contributed by atoms with E-state index in [-0.39, 0.29) is 0 Å². The van der Waals surface area contributed by atoms with Crippen molar-refractivity contribution < 1.29 is 0 Å². The first-order chi connectivity index (χ1) is 12.1. The van der Waals surface area contributed by atoms with E-state index in [0.717, 1.165) is 60.8 Å². The molecule has 3 heterocycles. The lowest BCUT2D eigenvalue weighted by molar-refractivity contribution is 0.358. The van der Waals surface area contributed by atoms with Gasteiger partial charge in [-0.15, -0.1) is 21.5 Å². The SMILES string of the molecule is CCNC(=NCc1nc(C)c(C)s1)NCC1CCc2nnc(C)n2C1. The van der Waals surface area contributed by atoms with Crippen LogP contribution in [-0.2, 0) is 19.5 Å². The number of aliphatic imine (C=N–C) groups is 1. The Hall–Kier alpha value is -1.96. The van der Waals surface area contributed by atoms with Crippen LogP contribution in [0.2, 0.25) is 0 Å². The van der Waals surface area contributed by atoms with Crippen molar-refractivity contribution in [2.45, 2.75) is 53.6 Å². The standard InChI is InChI=1S/C17H27N7S/c1-5-18-17(20-9-16-21-11(2)12(3)25-16)19-8-14-6-7-15-23-22-13(4)24(15)10-14/h14H,5-10H2,1-4H3,(H2,18,19,20). The smallest absolute Gasteiger partial charge is 0.191 e. The number of hydrogen-bond acceptors (Lipinski definition) is 5. The van der Waals surface area contributed by atoms with Gasteiger partial charge >= 0.3 is 0 Å². The lowest BCUT2D eigenvalue weighted by Crippen LogP contribution is -2.41. The minimum Gasteiger partial charge on any atom is -0.357 e. The maximum Gasteiger partial charge on any atom is 0.191 e. The highest BCUT2D eigenvalue weighted by molar-refractivity contribution is 7.11. The fourth-order valence-electron chi connectivity index (χ4n) is 3.03. The third kappa shape index (κ3) is 4.36. The molecule has 8 heteroatoms. The summed E-state index contributed by atoms with van der Waals surface area (Å²) in [6.07, 6.45) is 2.13. The summed E-state index contributed by atoms with van der Waals surface area (Å²) in [4.78, 5) is 10.5. The Morgan fingerprint density at radius 3 is 2.84 bits per heavy atom. The molecule has 2 N–H and O–H groups in total. The Kier molecular flexibility index (Phi) is 5.67. The lowest BCUT2D eigenvalue weighted by atomic mass is 9.99. The van der Waals surface area contributed by atoms with Crippen LogP contribution in [0.3, 0.4) is 0 Å². The van der Waals surface area contributed by atoms with Crippen LogP contribution in [0.4, 0.5) is 0 Å². The average Bonchev–Trinajstić information content (AvgIpc) is 3.13. The van der Waals surface area contributed by atoms with Gasteiger partial charge in [-0.1, -0.05) is 0 Å². The monoisotopic (exact) mass is 361 g/mol. The van der Waals surface area contributed by atoms with Gasteiger partial charge in [-0.25, -0.2) is 9.98 Å². The van der Waals surface area contributed by atoms with Gasteiger partial charge in [-0.2, -0.15) is 0 Å². The van der Waals surface area contributed by atoms with Crippen LogP contribution in [0, 0.1) is 26.7 Å². The van der Waals surface area contributed by atoms with E-state index in [4.69, 9.17) is 0 Å². The summed E-state index contributed by atoms with van der Waals surface area (Å²) >= 11 is 1.72. The number of rotatable bonds is 5. The van der Waals surface area contributed by atoms with Crippen molar-refractivity contribution >= 4 is 17.3 Å². The molecule has 0 saturated carbocycles. The Morgan fingerprint density at radius 2 is 2.12 bits per heavy atom. The molecule has 136 valence electrons. The van der Waals surface area contributed by atoms with E-state index in [1.165, 1.54) is 4.88 Å². The molecule has 7 nitrogen and oxygen atoms in total. The Balaban J connectivity index is 1.57. The third-order valence-electron chi connectivity index (χ3n) is 4.58. The number of aromatic nitrogens is 4. The summed E-state index contributed by atoms with van der Waals surface area (Å²) in [6, 6.07) is 0. The van der Waals surface area contributed by atoms with Crippen molar-refractivity contribution in [2.75, 3.05) is 13.1 Å².